The van der Waals surface area contributed by atoms with Crippen LogP contribution in [0.2, 0.25) is 0 Å². The average Bonchev–Trinajstić information content (AvgIpc) is 2.47. The molecule has 0 saturated carbocycles. The van der Waals surface area contributed by atoms with Crippen LogP contribution in [0.5, 0.6) is 0 Å². The van der Waals surface area contributed by atoms with Crippen LogP contribution >= 0.6 is 12.2 Å². The summed E-state index contributed by atoms with van der Waals surface area (Å²) in [5, 5.41) is 3.81. The van der Waals surface area contributed by atoms with Crippen LogP contribution in [0.1, 0.15) is 25.5 Å². The fourth-order valence-electron chi connectivity index (χ4n) is 2.47. The van der Waals surface area contributed by atoms with Crippen LogP contribution in [0.4, 0.5) is 5.69 Å². The number of rotatable bonds is 3. The first-order chi connectivity index (χ1) is 9.99. The molecule has 1 aliphatic rings. The van der Waals surface area contributed by atoms with Crippen molar-refractivity contribution in [2.24, 2.45) is 0 Å². The van der Waals surface area contributed by atoms with Crippen molar-refractivity contribution in [1.29, 1.82) is 0 Å². The van der Waals surface area contributed by atoms with Gasteiger partial charge >= 0.3 is 5.97 Å². The zero-order valence-corrected chi connectivity index (χ0v) is 13.2. The molecule has 21 heavy (non-hydrogen) atoms. The van der Waals surface area contributed by atoms with E-state index in [1.807, 2.05) is 30.9 Å². The van der Waals surface area contributed by atoms with Gasteiger partial charge in [-0.15, -0.1) is 0 Å². The van der Waals surface area contributed by atoms with Crippen LogP contribution in [0.25, 0.3) is 0 Å². The van der Waals surface area contributed by atoms with Gasteiger partial charge in [-0.3, -0.25) is 0 Å². The Bertz CT molecular complexity index is 595. The molecule has 2 rings (SSSR count). The Hall–Kier alpha value is -2.08. The molecular formula is C15H19N3O2S. The Balaban J connectivity index is 2.52. The lowest BCUT2D eigenvalue weighted by Gasteiger charge is -2.36. The van der Waals surface area contributed by atoms with Crippen LogP contribution in [-0.2, 0) is 9.53 Å². The van der Waals surface area contributed by atoms with E-state index >= 15 is 0 Å². The van der Waals surface area contributed by atoms with Crippen LogP contribution in [0, 0.1) is 0 Å². The Labute approximate surface area is 129 Å². The van der Waals surface area contributed by atoms with Crippen molar-refractivity contribution in [3.8, 4) is 0 Å². The van der Waals surface area contributed by atoms with Gasteiger partial charge in [0, 0.05) is 17.9 Å². The summed E-state index contributed by atoms with van der Waals surface area (Å²) in [7, 11) is 1.38. The van der Waals surface area contributed by atoms with Gasteiger partial charge in [0.1, 0.15) is 0 Å². The minimum absolute atomic E-state index is 0.326. The number of nitrogens with zero attached hydrogens (tertiary/aromatic N) is 1. The largest absolute Gasteiger partial charge is 0.466 e. The molecule has 0 saturated heterocycles. The lowest BCUT2D eigenvalue weighted by molar-refractivity contribution is -0.136. The van der Waals surface area contributed by atoms with Gasteiger partial charge in [-0.25, -0.2) is 4.79 Å². The predicted octanol–water partition coefficient (Wildman–Crippen LogP) is 1.97. The van der Waals surface area contributed by atoms with E-state index in [1.54, 1.807) is 12.1 Å². The van der Waals surface area contributed by atoms with Gasteiger partial charge in [-0.1, -0.05) is 12.1 Å². The van der Waals surface area contributed by atoms with E-state index in [1.165, 1.54) is 7.11 Å². The fraction of sp³-hybridized carbons (Fsp3) is 0.333. The summed E-state index contributed by atoms with van der Waals surface area (Å²) in [5.74, 6) is -0.359. The summed E-state index contributed by atoms with van der Waals surface area (Å²) in [5.41, 5.74) is 8.69. The first kappa shape index (κ1) is 15.3. The molecule has 1 aliphatic heterocycles. The van der Waals surface area contributed by atoms with Gasteiger partial charge in [0.05, 0.1) is 18.7 Å². The number of nitrogens with two attached hydrogens (primary N) is 1. The molecule has 1 atom stereocenters. The Morgan fingerprint density at radius 2 is 2.05 bits per heavy atom. The van der Waals surface area contributed by atoms with Crippen LogP contribution in [0.3, 0.4) is 0 Å². The molecule has 5 nitrogen and oxygen atoms in total. The minimum Gasteiger partial charge on any atom is -0.466 e. The number of nitrogen functional groups attached to an aromatic ring is 1. The fourth-order valence-corrected chi connectivity index (χ4v) is 2.86. The van der Waals surface area contributed by atoms with Gasteiger partial charge in [0.2, 0.25) is 0 Å². The molecule has 0 unspecified atom stereocenters. The molecular weight excluding hydrogens is 286 g/mol. The number of methoxy groups -OCH3 is 1. The normalized spacial score (nSPS) is 18.5. The van der Waals surface area contributed by atoms with Crippen molar-refractivity contribution in [1.82, 2.24) is 10.2 Å². The van der Waals surface area contributed by atoms with Crippen molar-refractivity contribution < 1.29 is 9.53 Å². The third-order valence-corrected chi connectivity index (χ3v) is 3.93. The molecule has 6 heteroatoms. The second-order valence-corrected chi connectivity index (χ2v) is 5.17. The minimum atomic E-state index is -0.359. The SMILES string of the molecule is CCN1C(=S)N[C@H](c2ccc(N)cc2)C(C(=O)OC)=C1C. The second kappa shape index (κ2) is 6.13. The van der Waals surface area contributed by atoms with E-state index < -0.39 is 0 Å². The van der Waals surface area contributed by atoms with Crippen molar-refractivity contribution in [3.05, 3.63) is 41.1 Å². The zero-order valence-electron chi connectivity index (χ0n) is 12.3. The van der Waals surface area contributed by atoms with Gasteiger partial charge in [0.25, 0.3) is 0 Å². The quantitative estimate of drug-likeness (QED) is 0.505. The highest BCUT2D eigenvalue weighted by Crippen LogP contribution is 2.31. The molecule has 3 N–H and O–H groups in total. The van der Waals surface area contributed by atoms with Crippen molar-refractivity contribution >= 4 is 29.0 Å². The summed E-state index contributed by atoms with van der Waals surface area (Å²) >= 11 is 5.39. The molecule has 0 amide bonds. The molecule has 112 valence electrons. The van der Waals surface area contributed by atoms with Crippen molar-refractivity contribution in [2.75, 3.05) is 19.4 Å². The Morgan fingerprint density at radius 3 is 2.57 bits per heavy atom. The lowest BCUT2D eigenvalue weighted by Crippen LogP contribution is -2.47. The highest BCUT2D eigenvalue weighted by atomic mass is 32.1. The second-order valence-electron chi connectivity index (χ2n) is 4.78. The third-order valence-electron chi connectivity index (χ3n) is 3.59. The number of benzene rings is 1. The van der Waals surface area contributed by atoms with E-state index in [-0.39, 0.29) is 12.0 Å². The predicted molar refractivity (Wildman–Crippen MR) is 86.4 cm³/mol. The summed E-state index contributed by atoms with van der Waals surface area (Å²) in [6, 6.07) is 7.04. The van der Waals surface area contributed by atoms with Crippen LogP contribution in [-0.4, -0.2) is 29.6 Å². The first-order valence-electron chi connectivity index (χ1n) is 6.72. The number of hydrogen-bond acceptors (Lipinski definition) is 4. The highest BCUT2D eigenvalue weighted by molar-refractivity contribution is 7.80. The van der Waals surface area contributed by atoms with E-state index in [2.05, 4.69) is 5.32 Å². The Morgan fingerprint density at radius 1 is 1.43 bits per heavy atom. The molecule has 0 spiro atoms. The van der Waals surface area contributed by atoms with Gasteiger partial charge in [0.15, 0.2) is 5.11 Å². The highest BCUT2D eigenvalue weighted by Gasteiger charge is 2.33. The Kier molecular flexibility index (Phi) is 4.47. The third kappa shape index (κ3) is 2.85. The molecule has 0 aromatic heterocycles. The maximum Gasteiger partial charge on any atom is 0.337 e. The number of allylic oxidation sites excluding steroid dienone is 1. The number of hydrogen-bond donors (Lipinski definition) is 2. The number of carbonyl (C=O) groups excluding carboxylic acids is 1. The van der Waals surface area contributed by atoms with Gasteiger partial charge in [-0.05, 0) is 43.8 Å². The van der Waals surface area contributed by atoms with E-state index in [0.717, 1.165) is 11.3 Å². The summed E-state index contributed by atoms with van der Waals surface area (Å²) in [6.07, 6.45) is 0. The molecule has 1 aromatic rings. The van der Waals surface area contributed by atoms with Crippen molar-refractivity contribution in [2.45, 2.75) is 19.9 Å². The molecule has 0 radical (unpaired) electrons. The number of nitrogens with one attached hydrogen (secondary N) is 1. The average molecular weight is 305 g/mol. The standard InChI is InChI=1S/C15H19N3O2S/c1-4-18-9(2)12(14(19)20-3)13(17-15(18)21)10-5-7-11(16)8-6-10/h5-8,13H,4,16H2,1-3H3,(H,17,21)/t13-/m1/s1. The maximum atomic E-state index is 12.2. The number of anilines is 1. The van der Waals surface area contributed by atoms with Crippen LogP contribution < -0.4 is 11.1 Å². The van der Waals surface area contributed by atoms with Crippen molar-refractivity contribution in [3.63, 3.8) is 0 Å². The molecule has 0 bridgehead atoms. The number of esters is 1. The lowest BCUT2D eigenvalue weighted by atomic mass is 9.95. The molecule has 1 heterocycles. The van der Waals surface area contributed by atoms with Gasteiger partial charge < -0.3 is 20.7 Å². The number of carbonyl (C=O) groups is 1. The zero-order chi connectivity index (χ0) is 15.6. The number of thiocarbonyl (C=S) groups is 1. The monoisotopic (exact) mass is 305 g/mol. The van der Waals surface area contributed by atoms with E-state index in [4.69, 9.17) is 22.7 Å². The van der Waals surface area contributed by atoms with E-state index in [0.29, 0.717) is 22.9 Å². The molecule has 1 aromatic carbocycles. The molecule has 0 fully saturated rings. The maximum absolute atomic E-state index is 12.2. The molecule has 0 aliphatic carbocycles. The van der Waals surface area contributed by atoms with E-state index in [9.17, 15) is 4.79 Å². The summed E-state index contributed by atoms with van der Waals surface area (Å²) in [4.78, 5) is 14.1. The summed E-state index contributed by atoms with van der Waals surface area (Å²) in [6.45, 7) is 4.55. The summed E-state index contributed by atoms with van der Waals surface area (Å²) < 4.78 is 4.93. The number of ether oxygens (including phenoxy) is 1. The van der Waals surface area contributed by atoms with Gasteiger partial charge in [-0.2, -0.15) is 0 Å². The first-order valence-corrected chi connectivity index (χ1v) is 7.13. The smallest absolute Gasteiger partial charge is 0.337 e. The van der Waals surface area contributed by atoms with Crippen LogP contribution in [0.15, 0.2) is 35.5 Å². The topological polar surface area (TPSA) is 67.6 Å².